The van der Waals surface area contributed by atoms with Crippen LogP contribution in [-0.4, -0.2) is 70.9 Å². The van der Waals surface area contributed by atoms with Crippen LogP contribution in [0.1, 0.15) is 31.4 Å². The first kappa shape index (κ1) is 18.4. The summed E-state index contributed by atoms with van der Waals surface area (Å²) in [6.07, 6.45) is 9.45. The number of carbonyl (C=O) groups excluding carboxylic acids is 1. The summed E-state index contributed by atoms with van der Waals surface area (Å²) in [6.45, 7) is 5.09. The van der Waals surface area contributed by atoms with E-state index in [-0.39, 0.29) is 11.8 Å². The number of imidazole rings is 1. The molecule has 0 saturated carbocycles. The number of amides is 1. The van der Waals surface area contributed by atoms with E-state index in [9.17, 15) is 4.79 Å². The lowest BCUT2D eigenvalue weighted by Crippen LogP contribution is -2.50. The van der Waals surface area contributed by atoms with E-state index >= 15 is 0 Å². The van der Waals surface area contributed by atoms with Gasteiger partial charge in [-0.15, -0.1) is 0 Å². The maximum Gasteiger partial charge on any atom is 0.224 e. The highest BCUT2D eigenvalue weighted by atomic mass is 16.1. The average molecular weight is 370 g/mol. The highest BCUT2D eigenvalue weighted by molar-refractivity contribution is 5.79. The molecule has 4 rings (SSSR count). The number of nitrogens with zero attached hydrogens (tertiary/aromatic N) is 4. The van der Waals surface area contributed by atoms with E-state index < -0.39 is 0 Å². The van der Waals surface area contributed by atoms with E-state index in [0.29, 0.717) is 12.6 Å². The second-order valence-corrected chi connectivity index (χ2v) is 8.11. The van der Waals surface area contributed by atoms with Crippen LogP contribution in [0.3, 0.4) is 0 Å². The number of likely N-dealkylation sites (tertiary alicyclic amines) is 2. The molecule has 6 heteroatoms. The maximum atomic E-state index is 12.7. The molecule has 4 heterocycles. The zero-order valence-electron chi connectivity index (χ0n) is 16.3. The lowest BCUT2D eigenvalue weighted by molar-refractivity contribution is -0.127. The minimum Gasteiger partial charge on any atom is -0.355 e. The Bertz CT molecular complexity index is 732. The third kappa shape index (κ3) is 4.50. The molecule has 2 aromatic rings. The number of pyridine rings is 1. The molecule has 0 unspecified atom stereocenters. The standard InChI is InChI=1S/C21H31N5O/c1-24-13-8-19(9-14-24)25-12-4-5-17(15-25)21(27)22-10-7-18-16-26-11-3-2-6-20(26)23-18/h2-3,6,11,16-17,19H,4-5,7-10,12-15H2,1H3,(H,22,27)/t17-/m0/s1. The summed E-state index contributed by atoms with van der Waals surface area (Å²) < 4.78 is 2.03. The van der Waals surface area contributed by atoms with Crippen LogP contribution >= 0.6 is 0 Å². The van der Waals surface area contributed by atoms with Gasteiger partial charge in [-0.1, -0.05) is 6.07 Å². The highest BCUT2D eigenvalue weighted by Gasteiger charge is 2.30. The minimum absolute atomic E-state index is 0.138. The van der Waals surface area contributed by atoms with Gasteiger partial charge in [0.1, 0.15) is 5.65 Å². The lowest BCUT2D eigenvalue weighted by Gasteiger charge is -2.41. The molecule has 6 nitrogen and oxygen atoms in total. The molecule has 1 amide bonds. The van der Waals surface area contributed by atoms with Crippen LogP contribution in [0.5, 0.6) is 0 Å². The summed E-state index contributed by atoms with van der Waals surface area (Å²) >= 11 is 0. The van der Waals surface area contributed by atoms with Gasteiger partial charge in [-0.3, -0.25) is 9.69 Å². The first-order chi connectivity index (χ1) is 13.2. The van der Waals surface area contributed by atoms with Gasteiger partial charge in [-0.05, 0) is 64.5 Å². The molecule has 1 N–H and O–H groups in total. The van der Waals surface area contributed by atoms with Crippen molar-refractivity contribution in [2.24, 2.45) is 5.92 Å². The van der Waals surface area contributed by atoms with Gasteiger partial charge in [0.15, 0.2) is 0 Å². The average Bonchev–Trinajstić information content (AvgIpc) is 3.11. The second kappa shape index (κ2) is 8.40. The Balaban J connectivity index is 1.25. The van der Waals surface area contributed by atoms with Gasteiger partial charge in [-0.25, -0.2) is 4.98 Å². The van der Waals surface area contributed by atoms with Crippen molar-refractivity contribution in [3.8, 4) is 0 Å². The van der Waals surface area contributed by atoms with Gasteiger partial charge < -0.3 is 14.6 Å². The molecule has 2 aliphatic rings. The summed E-state index contributed by atoms with van der Waals surface area (Å²) in [5, 5.41) is 3.15. The van der Waals surface area contributed by atoms with E-state index in [1.807, 2.05) is 35.0 Å². The zero-order chi connectivity index (χ0) is 18.6. The fraction of sp³-hybridized carbons (Fsp3) is 0.619. The SMILES string of the molecule is CN1CCC(N2CCC[C@H](C(=O)NCCc3cn4ccccc4n3)C2)CC1. The highest BCUT2D eigenvalue weighted by Crippen LogP contribution is 2.23. The molecular formula is C21H31N5O. The molecule has 0 aliphatic carbocycles. The Labute approximate surface area is 161 Å². The third-order valence-electron chi connectivity index (χ3n) is 6.12. The first-order valence-corrected chi connectivity index (χ1v) is 10.3. The van der Waals surface area contributed by atoms with Gasteiger partial charge >= 0.3 is 0 Å². The summed E-state index contributed by atoms with van der Waals surface area (Å²) in [5.41, 5.74) is 1.98. The van der Waals surface area contributed by atoms with Gasteiger partial charge in [0.2, 0.25) is 5.91 Å². The van der Waals surface area contributed by atoms with Gasteiger partial charge in [0.05, 0.1) is 11.6 Å². The first-order valence-electron chi connectivity index (χ1n) is 10.3. The van der Waals surface area contributed by atoms with E-state index in [0.717, 1.165) is 43.7 Å². The van der Waals surface area contributed by atoms with Gasteiger partial charge in [0.25, 0.3) is 0 Å². The van der Waals surface area contributed by atoms with Crippen molar-refractivity contribution in [2.45, 2.75) is 38.1 Å². The molecule has 146 valence electrons. The fourth-order valence-corrected chi connectivity index (χ4v) is 4.48. The topological polar surface area (TPSA) is 52.9 Å². The van der Waals surface area contributed by atoms with E-state index in [1.165, 1.54) is 25.9 Å². The van der Waals surface area contributed by atoms with Crippen LogP contribution < -0.4 is 5.32 Å². The molecular weight excluding hydrogens is 338 g/mol. The Kier molecular flexibility index (Phi) is 5.74. The van der Waals surface area contributed by atoms with Crippen LogP contribution in [0.25, 0.3) is 5.65 Å². The minimum atomic E-state index is 0.138. The fourth-order valence-electron chi connectivity index (χ4n) is 4.48. The number of carbonyl (C=O) groups is 1. The molecule has 2 aromatic heterocycles. The Morgan fingerprint density at radius 3 is 2.89 bits per heavy atom. The monoisotopic (exact) mass is 369 g/mol. The molecule has 27 heavy (non-hydrogen) atoms. The summed E-state index contributed by atoms with van der Waals surface area (Å²) in [4.78, 5) is 22.2. The molecule has 0 aromatic carbocycles. The van der Waals surface area contributed by atoms with Crippen molar-refractivity contribution in [3.05, 3.63) is 36.3 Å². The number of hydrogen-bond acceptors (Lipinski definition) is 4. The van der Waals surface area contributed by atoms with Crippen molar-refractivity contribution in [1.82, 2.24) is 24.5 Å². The maximum absolute atomic E-state index is 12.7. The second-order valence-electron chi connectivity index (χ2n) is 8.11. The van der Waals surface area contributed by atoms with Crippen molar-refractivity contribution in [1.29, 1.82) is 0 Å². The molecule has 0 radical (unpaired) electrons. The van der Waals surface area contributed by atoms with E-state index in [4.69, 9.17) is 0 Å². The number of fused-ring (bicyclic) bond motifs is 1. The van der Waals surface area contributed by atoms with Crippen LogP contribution in [0, 0.1) is 5.92 Å². The molecule has 2 saturated heterocycles. The summed E-state index contributed by atoms with van der Waals surface area (Å²) in [5.74, 6) is 0.357. The lowest BCUT2D eigenvalue weighted by atomic mass is 9.93. The van der Waals surface area contributed by atoms with Crippen molar-refractivity contribution in [2.75, 3.05) is 39.8 Å². The molecule has 0 bridgehead atoms. The van der Waals surface area contributed by atoms with Crippen LogP contribution in [0.2, 0.25) is 0 Å². The largest absolute Gasteiger partial charge is 0.355 e. The van der Waals surface area contributed by atoms with Crippen molar-refractivity contribution in [3.63, 3.8) is 0 Å². The predicted molar refractivity (Wildman–Crippen MR) is 107 cm³/mol. The van der Waals surface area contributed by atoms with Crippen molar-refractivity contribution < 1.29 is 4.79 Å². The Morgan fingerprint density at radius 1 is 1.22 bits per heavy atom. The number of nitrogens with one attached hydrogen (secondary N) is 1. The number of piperidine rings is 2. The van der Waals surface area contributed by atoms with E-state index in [1.54, 1.807) is 0 Å². The number of rotatable bonds is 5. The normalized spacial score (nSPS) is 22.9. The van der Waals surface area contributed by atoms with Crippen LogP contribution in [-0.2, 0) is 11.2 Å². The molecule has 0 spiro atoms. The molecule has 2 fully saturated rings. The predicted octanol–water partition coefficient (Wildman–Crippen LogP) is 1.80. The number of hydrogen-bond donors (Lipinski definition) is 1. The summed E-state index contributed by atoms with van der Waals surface area (Å²) in [7, 11) is 2.20. The Morgan fingerprint density at radius 2 is 2.07 bits per heavy atom. The third-order valence-corrected chi connectivity index (χ3v) is 6.12. The van der Waals surface area contributed by atoms with Gasteiger partial charge in [-0.2, -0.15) is 0 Å². The summed E-state index contributed by atoms with van der Waals surface area (Å²) in [6, 6.07) is 6.66. The molecule has 2 aliphatic heterocycles. The van der Waals surface area contributed by atoms with Gasteiger partial charge in [0, 0.05) is 37.9 Å². The Hall–Kier alpha value is -1.92. The van der Waals surface area contributed by atoms with Crippen molar-refractivity contribution >= 4 is 11.6 Å². The van der Waals surface area contributed by atoms with Crippen LogP contribution in [0.15, 0.2) is 30.6 Å². The zero-order valence-corrected chi connectivity index (χ0v) is 16.3. The smallest absolute Gasteiger partial charge is 0.224 e. The van der Waals surface area contributed by atoms with Crippen LogP contribution in [0.4, 0.5) is 0 Å². The molecule has 1 atom stereocenters. The van der Waals surface area contributed by atoms with E-state index in [2.05, 4.69) is 27.1 Å². The number of aromatic nitrogens is 2. The quantitative estimate of drug-likeness (QED) is 0.873.